The van der Waals surface area contributed by atoms with E-state index in [2.05, 4.69) is 10.7 Å². The minimum Gasteiger partial charge on any atom is -0.457 e. The molecule has 0 amide bonds. The Balaban J connectivity index is 1.65. The molecule has 0 saturated heterocycles. The highest BCUT2D eigenvalue weighted by Gasteiger charge is 2.62. The molecule has 6 nitrogen and oxygen atoms in total. The number of hydrogen-bond donors (Lipinski definition) is 0. The maximum Gasteiger partial charge on any atom is 0.425 e. The predicted octanol–water partition coefficient (Wildman–Crippen LogP) is 5.36. The van der Waals surface area contributed by atoms with Crippen molar-refractivity contribution < 1.29 is 37.0 Å². The molecule has 0 spiro atoms. The number of para-hydroxylation sites is 1. The number of hydrogen-bond acceptors (Lipinski definition) is 6. The van der Waals surface area contributed by atoms with Gasteiger partial charge < -0.3 is 14.2 Å². The first-order valence-electron chi connectivity index (χ1n) is 10.7. The molecule has 2 aromatic rings. The predicted molar refractivity (Wildman–Crippen MR) is 118 cm³/mol. The lowest BCUT2D eigenvalue weighted by atomic mass is 10.1. The van der Waals surface area contributed by atoms with E-state index in [0.717, 1.165) is 0 Å². The second kappa shape index (κ2) is 10.1. The fourth-order valence-electron chi connectivity index (χ4n) is 3.46. The van der Waals surface area contributed by atoms with Crippen LogP contribution in [0.4, 0.5) is 13.2 Å². The number of benzene rings is 2. The van der Waals surface area contributed by atoms with Crippen LogP contribution in [-0.2, 0) is 19.1 Å². The first kappa shape index (κ1) is 25.6. The molecule has 2 aromatic carbocycles. The fourth-order valence-corrected chi connectivity index (χ4v) is 3.46. The molecule has 0 aliphatic heterocycles. The summed E-state index contributed by atoms with van der Waals surface area (Å²) in [5.74, 6) is 2.13. The largest absolute Gasteiger partial charge is 0.457 e. The molecule has 0 radical (unpaired) electrons. The molecule has 182 valence electrons. The second-order valence-electron chi connectivity index (χ2n) is 8.57. The van der Waals surface area contributed by atoms with Crippen LogP contribution < -0.4 is 4.74 Å². The third kappa shape index (κ3) is 6.33. The van der Waals surface area contributed by atoms with Gasteiger partial charge in [-0.15, -0.1) is 0 Å². The summed E-state index contributed by atoms with van der Waals surface area (Å²) < 4.78 is 53.0. The molecule has 0 bridgehead atoms. The number of alkyl halides is 3. The van der Waals surface area contributed by atoms with Crippen LogP contribution in [0.15, 0.2) is 54.6 Å². The monoisotopic (exact) mass is 485 g/mol. The molecule has 1 aliphatic carbocycles. The number of carbonyl (C=O) groups excluding carboxylic acids is 2. The van der Waals surface area contributed by atoms with Crippen molar-refractivity contribution in [1.29, 1.82) is 5.26 Å². The third-order valence-electron chi connectivity index (χ3n) is 5.65. The molecule has 3 rings (SSSR count). The fraction of sp³-hybridized carbons (Fsp3) is 0.346. The van der Waals surface area contributed by atoms with E-state index in [1.807, 2.05) is 30.2 Å². The highest BCUT2D eigenvalue weighted by Crippen LogP contribution is 2.58. The smallest absolute Gasteiger partial charge is 0.425 e. The number of esters is 2. The minimum atomic E-state index is -4.70. The van der Waals surface area contributed by atoms with Crippen molar-refractivity contribution in [3.8, 4) is 29.4 Å². The molecule has 0 N–H and O–H groups in total. The standard InChI is InChI=1S/C26H22F3NO5/c1-16(26(27,28)29)33-22(31)13-12-20-23(25(20,2)3)24(32)35-21(15-30)17-8-7-11-19(14-17)34-18-9-5-4-6-10-18/h4-11,14,16,20-21,23H,1-3H3. The summed E-state index contributed by atoms with van der Waals surface area (Å²) >= 11 is 0. The van der Waals surface area contributed by atoms with E-state index in [1.54, 1.807) is 50.2 Å². The van der Waals surface area contributed by atoms with Crippen LogP contribution in [0.1, 0.15) is 32.4 Å². The van der Waals surface area contributed by atoms with E-state index in [1.165, 1.54) is 0 Å². The zero-order valence-electron chi connectivity index (χ0n) is 19.1. The molecule has 9 heteroatoms. The number of ether oxygens (including phenoxy) is 3. The van der Waals surface area contributed by atoms with E-state index in [-0.39, 0.29) is 0 Å². The molecule has 1 aliphatic rings. The lowest BCUT2D eigenvalue weighted by Gasteiger charge is -2.14. The Morgan fingerprint density at radius 3 is 2.31 bits per heavy atom. The van der Waals surface area contributed by atoms with Gasteiger partial charge in [-0.2, -0.15) is 18.4 Å². The van der Waals surface area contributed by atoms with Gasteiger partial charge in [-0.3, -0.25) is 4.79 Å². The molecule has 35 heavy (non-hydrogen) atoms. The lowest BCUT2D eigenvalue weighted by Crippen LogP contribution is -2.30. The van der Waals surface area contributed by atoms with Crippen LogP contribution >= 0.6 is 0 Å². The van der Waals surface area contributed by atoms with Gasteiger partial charge in [0.15, 0.2) is 6.10 Å². The summed E-state index contributed by atoms with van der Waals surface area (Å²) in [5, 5.41) is 9.58. The maximum atomic E-state index is 12.8. The zero-order valence-corrected chi connectivity index (χ0v) is 19.1. The van der Waals surface area contributed by atoms with Gasteiger partial charge in [0, 0.05) is 17.4 Å². The summed E-state index contributed by atoms with van der Waals surface area (Å²) in [5.41, 5.74) is -0.293. The van der Waals surface area contributed by atoms with Gasteiger partial charge in [0.05, 0.1) is 5.92 Å². The van der Waals surface area contributed by atoms with Crippen LogP contribution in [0, 0.1) is 40.4 Å². The molecule has 4 atom stereocenters. The summed E-state index contributed by atoms with van der Waals surface area (Å²) in [7, 11) is 0. The van der Waals surface area contributed by atoms with Crippen LogP contribution in [0.2, 0.25) is 0 Å². The molecule has 1 saturated carbocycles. The van der Waals surface area contributed by atoms with Crippen molar-refractivity contribution in [3.63, 3.8) is 0 Å². The van der Waals surface area contributed by atoms with Gasteiger partial charge in [0.1, 0.15) is 17.6 Å². The molecule has 4 unspecified atom stereocenters. The quantitative estimate of drug-likeness (QED) is 0.311. The SMILES string of the molecule is CC(OC(=O)C#CC1C(C(=O)OC(C#N)c2cccc(Oc3ccccc3)c2)C1(C)C)C(F)(F)F. The third-order valence-corrected chi connectivity index (χ3v) is 5.65. The Labute approximate surface area is 200 Å². The van der Waals surface area contributed by atoms with E-state index in [0.29, 0.717) is 24.0 Å². The van der Waals surface area contributed by atoms with Crippen molar-refractivity contribution in [1.82, 2.24) is 0 Å². The lowest BCUT2D eigenvalue weighted by molar-refractivity contribution is -0.212. The van der Waals surface area contributed by atoms with Crippen molar-refractivity contribution in [2.24, 2.45) is 17.3 Å². The molecule has 0 aromatic heterocycles. The van der Waals surface area contributed by atoms with E-state index >= 15 is 0 Å². The first-order valence-corrected chi connectivity index (χ1v) is 10.7. The molecular weight excluding hydrogens is 463 g/mol. The van der Waals surface area contributed by atoms with Crippen LogP contribution in [0.5, 0.6) is 11.5 Å². The zero-order chi connectivity index (χ0) is 25.8. The molecule has 0 heterocycles. The number of carbonyl (C=O) groups is 2. The summed E-state index contributed by atoms with van der Waals surface area (Å²) in [6.07, 6.45) is -8.21. The molecular formula is C26H22F3NO5. The minimum absolute atomic E-state index is 0.403. The van der Waals surface area contributed by atoms with Gasteiger partial charge in [0.2, 0.25) is 6.10 Å². The molecule has 1 fully saturated rings. The van der Waals surface area contributed by atoms with Crippen molar-refractivity contribution in [2.75, 3.05) is 0 Å². The van der Waals surface area contributed by atoms with Crippen LogP contribution in [0.25, 0.3) is 0 Å². The number of nitriles is 1. The summed E-state index contributed by atoms with van der Waals surface area (Å²) in [6.45, 7) is 4.11. The van der Waals surface area contributed by atoms with E-state index < -0.39 is 47.6 Å². The van der Waals surface area contributed by atoms with Gasteiger partial charge in [-0.1, -0.05) is 50.1 Å². The maximum absolute atomic E-state index is 12.8. The second-order valence-corrected chi connectivity index (χ2v) is 8.57. The normalized spacial score (nSPS) is 19.7. The van der Waals surface area contributed by atoms with Crippen molar-refractivity contribution in [3.05, 3.63) is 60.2 Å². The Kier molecular flexibility index (Phi) is 7.40. The Hall–Kier alpha value is -3.98. The highest BCUT2D eigenvalue weighted by molar-refractivity contribution is 5.89. The number of halogens is 3. The first-order chi connectivity index (χ1) is 16.4. The average molecular weight is 485 g/mol. The average Bonchev–Trinajstić information content (AvgIpc) is 3.36. The van der Waals surface area contributed by atoms with Crippen LogP contribution in [0.3, 0.4) is 0 Å². The summed E-state index contributed by atoms with van der Waals surface area (Å²) in [6, 6.07) is 17.5. The summed E-state index contributed by atoms with van der Waals surface area (Å²) in [4.78, 5) is 24.4. The number of rotatable bonds is 6. The van der Waals surface area contributed by atoms with Crippen molar-refractivity contribution >= 4 is 11.9 Å². The Morgan fingerprint density at radius 1 is 1.03 bits per heavy atom. The van der Waals surface area contributed by atoms with Gasteiger partial charge in [-0.25, -0.2) is 4.79 Å². The van der Waals surface area contributed by atoms with Crippen LogP contribution in [-0.4, -0.2) is 24.2 Å². The Bertz CT molecular complexity index is 1190. The van der Waals surface area contributed by atoms with Gasteiger partial charge in [-0.05, 0) is 36.6 Å². The highest BCUT2D eigenvalue weighted by atomic mass is 19.4. The number of nitrogens with zero attached hydrogens (tertiary/aromatic N) is 1. The Morgan fingerprint density at radius 2 is 1.69 bits per heavy atom. The topological polar surface area (TPSA) is 85.6 Å². The van der Waals surface area contributed by atoms with Gasteiger partial charge >= 0.3 is 18.1 Å². The van der Waals surface area contributed by atoms with Crippen molar-refractivity contribution in [2.45, 2.75) is 39.2 Å². The van der Waals surface area contributed by atoms with E-state index in [4.69, 9.17) is 9.47 Å². The van der Waals surface area contributed by atoms with E-state index in [9.17, 15) is 28.0 Å². The van der Waals surface area contributed by atoms with Gasteiger partial charge in [0.25, 0.3) is 0 Å².